The lowest BCUT2D eigenvalue weighted by atomic mass is 9.93. The highest BCUT2D eigenvalue weighted by Crippen LogP contribution is 2.44. The Balaban J connectivity index is 1.72. The Bertz CT molecular complexity index is 954. The quantitative estimate of drug-likeness (QED) is 0.521. The van der Waals surface area contributed by atoms with Crippen LogP contribution in [-0.2, 0) is 4.79 Å². The predicted octanol–water partition coefficient (Wildman–Crippen LogP) is 6.03. The first-order chi connectivity index (χ1) is 14.2. The fraction of sp³-hybridized carbons (Fsp3) is 0.240. The van der Waals surface area contributed by atoms with Gasteiger partial charge in [0.25, 0.3) is 0 Å². The van der Waals surface area contributed by atoms with E-state index < -0.39 is 0 Å². The van der Waals surface area contributed by atoms with Crippen LogP contribution in [0.1, 0.15) is 30.0 Å². The summed E-state index contributed by atoms with van der Waals surface area (Å²) in [4.78, 5) is 16.3. The minimum Gasteiger partial charge on any atom is -0.497 e. The van der Waals surface area contributed by atoms with Gasteiger partial charge in [-0.2, -0.15) is 0 Å². The van der Waals surface area contributed by atoms with Gasteiger partial charge >= 0.3 is 0 Å². The Morgan fingerprint density at radius 1 is 0.931 bits per heavy atom. The van der Waals surface area contributed by atoms with Gasteiger partial charge in [-0.1, -0.05) is 48.0 Å². The molecular formula is C25H25NO2S. The van der Waals surface area contributed by atoms with Crippen molar-refractivity contribution in [3.63, 3.8) is 0 Å². The smallest absolute Gasteiger partial charge is 0.227 e. The number of hydrogen-bond donors (Lipinski definition) is 0. The fourth-order valence-corrected chi connectivity index (χ4v) is 5.13. The second-order valence-corrected chi connectivity index (χ2v) is 8.64. The summed E-state index contributed by atoms with van der Waals surface area (Å²) in [7, 11) is 1.65. The van der Waals surface area contributed by atoms with Crippen molar-refractivity contribution in [3.8, 4) is 5.75 Å². The number of thioether (sulfide) groups is 1. The van der Waals surface area contributed by atoms with Crippen LogP contribution < -0.4 is 9.64 Å². The van der Waals surface area contributed by atoms with Gasteiger partial charge in [-0.25, -0.2) is 0 Å². The Kier molecular flexibility index (Phi) is 5.91. The van der Waals surface area contributed by atoms with Gasteiger partial charge in [0.1, 0.15) is 5.75 Å². The van der Waals surface area contributed by atoms with Crippen molar-refractivity contribution in [1.82, 2.24) is 0 Å². The van der Waals surface area contributed by atoms with Crippen LogP contribution in [0.5, 0.6) is 5.75 Å². The van der Waals surface area contributed by atoms with Gasteiger partial charge in [-0.05, 0) is 55.3 Å². The molecule has 0 unspecified atom stereocenters. The number of ether oxygens (including phenoxy) is 1. The standard InChI is InChI=1S/C25H25NO2S/c1-18-8-14-22(15-9-18)29-23-16-17-24(27)26(20-10-12-21(28-2)13-11-20)25(23)19-6-4-3-5-7-19/h3-15,23,25H,16-17H2,1-2H3/t23-,25-/m0/s1. The number of carbonyl (C=O) groups excluding carboxylic acids is 1. The Morgan fingerprint density at radius 2 is 1.62 bits per heavy atom. The van der Waals surface area contributed by atoms with Crippen molar-refractivity contribution in [2.24, 2.45) is 0 Å². The molecule has 0 bridgehead atoms. The number of aryl methyl sites for hydroxylation is 1. The van der Waals surface area contributed by atoms with E-state index in [1.54, 1.807) is 7.11 Å². The van der Waals surface area contributed by atoms with Crippen LogP contribution in [0.15, 0.2) is 83.8 Å². The minimum absolute atomic E-state index is 0.0165. The van der Waals surface area contributed by atoms with E-state index in [-0.39, 0.29) is 17.2 Å². The number of nitrogens with zero attached hydrogens (tertiary/aromatic N) is 1. The zero-order valence-electron chi connectivity index (χ0n) is 16.7. The summed E-state index contributed by atoms with van der Waals surface area (Å²) in [5.41, 5.74) is 3.34. The molecule has 0 aromatic heterocycles. The van der Waals surface area contributed by atoms with Crippen molar-refractivity contribution >= 4 is 23.4 Å². The monoisotopic (exact) mass is 403 g/mol. The molecule has 1 aliphatic rings. The number of carbonyl (C=O) groups is 1. The summed E-state index contributed by atoms with van der Waals surface area (Å²) in [6.45, 7) is 2.10. The normalized spacial score (nSPS) is 19.2. The summed E-state index contributed by atoms with van der Waals surface area (Å²) in [6.07, 6.45) is 1.42. The second kappa shape index (κ2) is 8.75. The molecule has 29 heavy (non-hydrogen) atoms. The van der Waals surface area contributed by atoms with Crippen molar-refractivity contribution in [3.05, 3.63) is 90.0 Å². The molecule has 1 fully saturated rings. The van der Waals surface area contributed by atoms with E-state index in [1.165, 1.54) is 16.0 Å². The van der Waals surface area contributed by atoms with E-state index in [0.717, 1.165) is 17.9 Å². The van der Waals surface area contributed by atoms with Crippen molar-refractivity contribution < 1.29 is 9.53 Å². The van der Waals surface area contributed by atoms with Gasteiger partial charge in [0.15, 0.2) is 0 Å². The summed E-state index contributed by atoms with van der Waals surface area (Å²) >= 11 is 1.87. The average molecular weight is 404 g/mol. The summed E-state index contributed by atoms with van der Waals surface area (Å²) in [5.74, 6) is 0.963. The van der Waals surface area contributed by atoms with Gasteiger partial charge in [-0.3, -0.25) is 4.79 Å². The number of methoxy groups -OCH3 is 1. The number of rotatable bonds is 5. The molecule has 0 radical (unpaired) electrons. The number of amides is 1. The van der Waals surface area contributed by atoms with Gasteiger partial charge in [0, 0.05) is 22.3 Å². The van der Waals surface area contributed by atoms with Crippen LogP contribution in [0.25, 0.3) is 0 Å². The van der Waals surface area contributed by atoms with E-state index in [4.69, 9.17) is 4.74 Å². The molecule has 3 nitrogen and oxygen atoms in total. The molecule has 0 N–H and O–H groups in total. The molecule has 1 heterocycles. The third-order valence-corrected chi connectivity index (χ3v) is 6.68. The molecule has 1 aliphatic heterocycles. The van der Waals surface area contributed by atoms with E-state index in [2.05, 4.69) is 43.3 Å². The first kappa shape index (κ1) is 19.6. The Morgan fingerprint density at radius 3 is 2.28 bits per heavy atom. The lowest BCUT2D eigenvalue weighted by molar-refractivity contribution is -0.120. The highest BCUT2D eigenvalue weighted by atomic mass is 32.2. The van der Waals surface area contributed by atoms with Crippen molar-refractivity contribution in [2.45, 2.75) is 36.0 Å². The number of hydrogen-bond acceptors (Lipinski definition) is 3. The third kappa shape index (κ3) is 4.33. The molecule has 4 heteroatoms. The van der Waals surface area contributed by atoms with Crippen LogP contribution in [0.3, 0.4) is 0 Å². The zero-order chi connectivity index (χ0) is 20.2. The number of piperidine rings is 1. The predicted molar refractivity (Wildman–Crippen MR) is 120 cm³/mol. The topological polar surface area (TPSA) is 29.5 Å². The molecule has 1 saturated heterocycles. The molecule has 0 aliphatic carbocycles. The fourth-order valence-electron chi connectivity index (χ4n) is 3.84. The van der Waals surface area contributed by atoms with E-state index >= 15 is 0 Å². The zero-order valence-corrected chi connectivity index (χ0v) is 17.6. The second-order valence-electron chi connectivity index (χ2n) is 7.33. The lowest BCUT2D eigenvalue weighted by Crippen LogP contribution is -2.44. The Labute approximate surface area is 176 Å². The van der Waals surface area contributed by atoms with Crippen LogP contribution in [0.4, 0.5) is 5.69 Å². The maximum Gasteiger partial charge on any atom is 0.227 e. The molecule has 3 aromatic rings. The molecule has 2 atom stereocenters. The van der Waals surface area contributed by atoms with Crippen LogP contribution in [0.2, 0.25) is 0 Å². The molecule has 148 valence electrons. The van der Waals surface area contributed by atoms with Gasteiger partial charge in [0.05, 0.1) is 13.2 Å². The van der Waals surface area contributed by atoms with E-state index in [1.807, 2.05) is 59.1 Å². The summed E-state index contributed by atoms with van der Waals surface area (Å²) in [6, 6.07) is 26.8. The van der Waals surface area contributed by atoms with Crippen LogP contribution in [-0.4, -0.2) is 18.3 Å². The largest absolute Gasteiger partial charge is 0.497 e. The van der Waals surface area contributed by atoms with Crippen molar-refractivity contribution in [2.75, 3.05) is 12.0 Å². The molecule has 3 aromatic carbocycles. The first-order valence-corrected chi connectivity index (χ1v) is 10.8. The molecule has 0 saturated carbocycles. The maximum absolute atomic E-state index is 13.1. The van der Waals surface area contributed by atoms with E-state index in [0.29, 0.717) is 6.42 Å². The van der Waals surface area contributed by atoms with E-state index in [9.17, 15) is 4.79 Å². The molecule has 1 amide bonds. The number of benzene rings is 3. The van der Waals surface area contributed by atoms with Crippen molar-refractivity contribution in [1.29, 1.82) is 0 Å². The lowest BCUT2D eigenvalue weighted by Gasteiger charge is -2.41. The van der Waals surface area contributed by atoms with Gasteiger partial charge < -0.3 is 9.64 Å². The van der Waals surface area contributed by atoms with Gasteiger partial charge in [-0.15, -0.1) is 11.8 Å². The highest BCUT2D eigenvalue weighted by Gasteiger charge is 2.38. The van der Waals surface area contributed by atoms with Crippen LogP contribution in [0, 0.1) is 6.92 Å². The van der Waals surface area contributed by atoms with Crippen LogP contribution >= 0.6 is 11.8 Å². The average Bonchev–Trinajstić information content (AvgIpc) is 2.77. The van der Waals surface area contributed by atoms with Gasteiger partial charge in [0.2, 0.25) is 5.91 Å². The summed E-state index contributed by atoms with van der Waals surface area (Å²) in [5, 5.41) is 0.278. The molecule has 4 rings (SSSR count). The third-order valence-electron chi connectivity index (χ3n) is 5.34. The minimum atomic E-state index is -0.0165. The Hall–Kier alpha value is -2.72. The summed E-state index contributed by atoms with van der Waals surface area (Å²) < 4.78 is 5.30. The number of anilines is 1. The molecular weight excluding hydrogens is 378 g/mol. The highest BCUT2D eigenvalue weighted by molar-refractivity contribution is 8.00. The SMILES string of the molecule is COc1ccc(N2C(=O)CC[C@H](Sc3ccc(C)cc3)[C@@H]2c2ccccc2)cc1. The first-order valence-electron chi connectivity index (χ1n) is 9.90. The maximum atomic E-state index is 13.1. The molecule has 0 spiro atoms.